The molecular weight excluding hydrogens is 202 g/mol. The van der Waals surface area contributed by atoms with Crippen molar-refractivity contribution in [2.75, 3.05) is 11.9 Å². The SMILES string of the molecule is CCCNc1nc(C2CCCCCC2)no1. The van der Waals surface area contributed by atoms with Gasteiger partial charge in [0.05, 0.1) is 0 Å². The van der Waals surface area contributed by atoms with Gasteiger partial charge < -0.3 is 9.84 Å². The van der Waals surface area contributed by atoms with E-state index < -0.39 is 0 Å². The van der Waals surface area contributed by atoms with Gasteiger partial charge in [-0.05, 0) is 19.3 Å². The van der Waals surface area contributed by atoms with Crippen LogP contribution in [0.15, 0.2) is 4.52 Å². The molecule has 1 N–H and O–H groups in total. The van der Waals surface area contributed by atoms with Gasteiger partial charge in [0.1, 0.15) is 0 Å². The van der Waals surface area contributed by atoms with Gasteiger partial charge in [0.2, 0.25) is 0 Å². The fraction of sp³-hybridized carbons (Fsp3) is 0.833. The monoisotopic (exact) mass is 223 g/mol. The number of rotatable bonds is 4. The largest absolute Gasteiger partial charge is 0.338 e. The zero-order valence-corrected chi connectivity index (χ0v) is 10.0. The zero-order chi connectivity index (χ0) is 11.2. The fourth-order valence-electron chi connectivity index (χ4n) is 2.24. The molecule has 0 amide bonds. The minimum Gasteiger partial charge on any atom is -0.338 e. The highest BCUT2D eigenvalue weighted by molar-refractivity contribution is 5.18. The van der Waals surface area contributed by atoms with Gasteiger partial charge in [-0.15, -0.1) is 0 Å². The Morgan fingerprint density at radius 1 is 1.25 bits per heavy atom. The maximum atomic E-state index is 5.19. The van der Waals surface area contributed by atoms with Gasteiger partial charge in [0.25, 0.3) is 0 Å². The number of anilines is 1. The van der Waals surface area contributed by atoms with Crippen LogP contribution >= 0.6 is 0 Å². The second kappa shape index (κ2) is 5.87. The molecule has 0 aliphatic heterocycles. The molecule has 0 atom stereocenters. The van der Waals surface area contributed by atoms with Crippen LogP contribution in [-0.4, -0.2) is 16.7 Å². The van der Waals surface area contributed by atoms with E-state index in [1.54, 1.807) is 0 Å². The smallest absolute Gasteiger partial charge is 0.321 e. The molecule has 1 aromatic rings. The summed E-state index contributed by atoms with van der Waals surface area (Å²) < 4.78 is 5.19. The maximum absolute atomic E-state index is 5.19. The lowest BCUT2D eigenvalue weighted by Crippen LogP contribution is -2.02. The first-order valence-electron chi connectivity index (χ1n) is 6.47. The molecule has 0 saturated heterocycles. The van der Waals surface area contributed by atoms with Gasteiger partial charge in [0.15, 0.2) is 5.82 Å². The Labute approximate surface area is 96.8 Å². The first kappa shape index (κ1) is 11.4. The van der Waals surface area contributed by atoms with Crippen LogP contribution in [0.4, 0.5) is 6.01 Å². The van der Waals surface area contributed by atoms with Crippen molar-refractivity contribution in [1.82, 2.24) is 10.1 Å². The Kier molecular flexibility index (Phi) is 4.19. The van der Waals surface area contributed by atoms with Crippen molar-refractivity contribution < 1.29 is 4.52 Å². The van der Waals surface area contributed by atoms with Crippen molar-refractivity contribution >= 4 is 6.01 Å². The van der Waals surface area contributed by atoms with E-state index in [4.69, 9.17) is 4.52 Å². The molecule has 0 aromatic carbocycles. The lowest BCUT2D eigenvalue weighted by Gasteiger charge is -2.07. The number of hydrogen-bond donors (Lipinski definition) is 1. The molecule has 90 valence electrons. The first-order chi connectivity index (χ1) is 7.90. The molecule has 1 heterocycles. The fourth-order valence-corrected chi connectivity index (χ4v) is 2.24. The summed E-state index contributed by atoms with van der Waals surface area (Å²) in [4.78, 5) is 4.42. The van der Waals surface area contributed by atoms with Gasteiger partial charge in [-0.25, -0.2) is 0 Å². The van der Waals surface area contributed by atoms with Crippen LogP contribution in [-0.2, 0) is 0 Å². The van der Waals surface area contributed by atoms with Crippen LogP contribution in [0.3, 0.4) is 0 Å². The van der Waals surface area contributed by atoms with Crippen molar-refractivity contribution in [2.45, 2.75) is 57.8 Å². The van der Waals surface area contributed by atoms with E-state index in [0.29, 0.717) is 11.9 Å². The molecule has 4 nitrogen and oxygen atoms in total. The topological polar surface area (TPSA) is 51.0 Å². The van der Waals surface area contributed by atoms with Crippen LogP contribution in [0.25, 0.3) is 0 Å². The predicted molar refractivity (Wildman–Crippen MR) is 63.5 cm³/mol. The molecule has 1 aliphatic carbocycles. The normalized spacial score (nSPS) is 18.3. The third-order valence-corrected chi connectivity index (χ3v) is 3.19. The Bertz CT molecular complexity index is 303. The Balaban J connectivity index is 1.94. The summed E-state index contributed by atoms with van der Waals surface area (Å²) >= 11 is 0. The average molecular weight is 223 g/mol. The minimum absolute atomic E-state index is 0.517. The molecule has 1 aromatic heterocycles. The standard InChI is InChI=1S/C12H21N3O/c1-2-9-13-12-14-11(15-16-12)10-7-5-3-4-6-8-10/h10H,2-9H2,1H3,(H,13,14,15). The number of nitrogens with one attached hydrogen (secondary N) is 1. The molecule has 4 heteroatoms. The number of nitrogens with zero attached hydrogens (tertiary/aromatic N) is 2. The van der Waals surface area contributed by atoms with Crippen molar-refractivity contribution in [1.29, 1.82) is 0 Å². The summed E-state index contributed by atoms with van der Waals surface area (Å²) in [5.41, 5.74) is 0. The second-order valence-corrected chi connectivity index (χ2v) is 4.57. The van der Waals surface area contributed by atoms with Gasteiger partial charge in [-0.1, -0.05) is 37.8 Å². The van der Waals surface area contributed by atoms with Crippen LogP contribution in [0.5, 0.6) is 0 Å². The predicted octanol–water partition coefficient (Wildman–Crippen LogP) is 3.33. The quantitative estimate of drug-likeness (QED) is 0.795. The third kappa shape index (κ3) is 2.97. The lowest BCUT2D eigenvalue weighted by molar-refractivity contribution is 0.410. The molecule has 2 rings (SSSR count). The molecular formula is C12H21N3O. The summed E-state index contributed by atoms with van der Waals surface area (Å²) in [6, 6.07) is 0.584. The molecule has 16 heavy (non-hydrogen) atoms. The summed E-state index contributed by atoms with van der Waals surface area (Å²) in [6.45, 7) is 3.02. The molecule has 1 aliphatic rings. The van der Waals surface area contributed by atoms with E-state index in [9.17, 15) is 0 Å². The van der Waals surface area contributed by atoms with Crippen molar-refractivity contribution in [3.8, 4) is 0 Å². The third-order valence-electron chi connectivity index (χ3n) is 3.19. The highest BCUT2D eigenvalue weighted by atomic mass is 16.5. The molecule has 1 saturated carbocycles. The minimum atomic E-state index is 0.517. The van der Waals surface area contributed by atoms with Crippen LogP contribution in [0.2, 0.25) is 0 Å². The van der Waals surface area contributed by atoms with Crippen molar-refractivity contribution in [3.63, 3.8) is 0 Å². The first-order valence-corrected chi connectivity index (χ1v) is 6.47. The van der Waals surface area contributed by atoms with Gasteiger partial charge in [-0.3, -0.25) is 0 Å². The lowest BCUT2D eigenvalue weighted by atomic mass is 10.00. The summed E-state index contributed by atoms with van der Waals surface area (Å²) in [6.07, 6.45) is 8.82. The highest BCUT2D eigenvalue weighted by Gasteiger charge is 2.19. The Hall–Kier alpha value is -1.06. The van der Waals surface area contributed by atoms with E-state index in [-0.39, 0.29) is 0 Å². The Morgan fingerprint density at radius 3 is 2.69 bits per heavy atom. The average Bonchev–Trinajstić information content (AvgIpc) is 2.60. The molecule has 0 radical (unpaired) electrons. The molecule has 1 fully saturated rings. The van der Waals surface area contributed by atoms with E-state index in [1.807, 2.05) is 0 Å². The summed E-state index contributed by atoms with van der Waals surface area (Å²) in [7, 11) is 0. The zero-order valence-electron chi connectivity index (χ0n) is 10.0. The van der Waals surface area contributed by atoms with E-state index >= 15 is 0 Å². The number of hydrogen-bond acceptors (Lipinski definition) is 4. The Morgan fingerprint density at radius 2 is 2.00 bits per heavy atom. The van der Waals surface area contributed by atoms with Crippen molar-refractivity contribution in [2.24, 2.45) is 0 Å². The van der Waals surface area contributed by atoms with Crippen LogP contribution in [0, 0.1) is 0 Å². The van der Waals surface area contributed by atoms with Crippen LogP contribution < -0.4 is 5.32 Å². The second-order valence-electron chi connectivity index (χ2n) is 4.57. The number of aromatic nitrogens is 2. The van der Waals surface area contributed by atoms with Crippen LogP contribution in [0.1, 0.15) is 63.6 Å². The van der Waals surface area contributed by atoms with Gasteiger partial charge in [0, 0.05) is 12.5 Å². The molecule has 0 unspecified atom stereocenters. The van der Waals surface area contributed by atoms with E-state index in [0.717, 1.165) is 18.8 Å². The van der Waals surface area contributed by atoms with Gasteiger partial charge in [-0.2, -0.15) is 4.98 Å². The summed E-state index contributed by atoms with van der Waals surface area (Å²) in [5.74, 6) is 1.42. The van der Waals surface area contributed by atoms with Gasteiger partial charge >= 0.3 is 6.01 Å². The molecule has 0 spiro atoms. The highest BCUT2D eigenvalue weighted by Crippen LogP contribution is 2.30. The van der Waals surface area contributed by atoms with Crippen molar-refractivity contribution in [3.05, 3.63) is 5.82 Å². The molecule has 0 bridgehead atoms. The maximum Gasteiger partial charge on any atom is 0.321 e. The van der Waals surface area contributed by atoms with E-state index in [1.165, 1.54) is 38.5 Å². The van der Waals surface area contributed by atoms with E-state index in [2.05, 4.69) is 22.4 Å². The summed E-state index contributed by atoms with van der Waals surface area (Å²) in [5, 5.41) is 7.21.